The van der Waals surface area contributed by atoms with Crippen LogP contribution < -0.4 is 5.32 Å². The van der Waals surface area contributed by atoms with Crippen molar-refractivity contribution in [1.82, 2.24) is 14.8 Å². The summed E-state index contributed by atoms with van der Waals surface area (Å²) >= 11 is 5.94. The third-order valence-electron chi connectivity index (χ3n) is 3.79. The lowest BCUT2D eigenvalue weighted by molar-refractivity contribution is 0.551. The van der Waals surface area contributed by atoms with Crippen LogP contribution in [0.15, 0.2) is 60.9 Å². The SMILES string of the molecule is Fc1ccccc1[C@@H]1C=C(c2ccc(Cl)cc2)Nc2ncnn21. The summed E-state index contributed by atoms with van der Waals surface area (Å²) in [5.74, 6) is 0.304. The van der Waals surface area contributed by atoms with Crippen LogP contribution in [0.3, 0.4) is 0 Å². The molecule has 3 aromatic rings. The zero-order valence-corrected chi connectivity index (χ0v) is 12.7. The quantitative estimate of drug-likeness (QED) is 0.770. The lowest BCUT2D eigenvalue weighted by Gasteiger charge is -2.24. The van der Waals surface area contributed by atoms with E-state index >= 15 is 0 Å². The molecular weight excluding hydrogens is 315 g/mol. The van der Waals surface area contributed by atoms with Gasteiger partial charge in [0.05, 0.1) is 0 Å². The second kappa shape index (κ2) is 5.52. The molecule has 0 fully saturated rings. The van der Waals surface area contributed by atoms with Crippen LogP contribution in [-0.2, 0) is 0 Å². The Morgan fingerprint density at radius 1 is 1.09 bits per heavy atom. The van der Waals surface area contributed by atoms with E-state index < -0.39 is 0 Å². The van der Waals surface area contributed by atoms with E-state index in [4.69, 9.17) is 11.6 Å². The van der Waals surface area contributed by atoms with Crippen molar-refractivity contribution in [3.63, 3.8) is 0 Å². The Balaban J connectivity index is 1.83. The molecule has 6 heteroatoms. The number of fused-ring (bicyclic) bond motifs is 1. The Kier molecular flexibility index (Phi) is 3.35. The molecule has 0 radical (unpaired) electrons. The van der Waals surface area contributed by atoms with Crippen molar-refractivity contribution in [2.24, 2.45) is 0 Å². The van der Waals surface area contributed by atoms with Gasteiger partial charge in [-0.15, -0.1) is 0 Å². The standard InChI is InChI=1S/C17H12ClFN4/c18-12-7-5-11(6-8-12)15-9-16(13-3-1-2-4-14(13)19)23-17(22-15)20-10-21-23/h1-10,16H,(H,20,21,22)/t16-/m0/s1. The Morgan fingerprint density at radius 3 is 2.65 bits per heavy atom. The predicted octanol–water partition coefficient (Wildman–Crippen LogP) is 4.13. The molecule has 2 aromatic carbocycles. The summed E-state index contributed by atoms with van der Waals surface area (Å²) in [7, 11) is 0. The molecule has 114 valence electrons. The number of hydrogen-bond donors (Lipinski definition) is 1. The van der Waals surface area contributed by atoms with Crippen LogP contribution in [0.4, 0.5) is 10.3 Å². The van der Waals surface area contributed by atoms with E-state index in [1.165, 1.54) is 12.4 Å². The van der Waals surface area contributed by atoms with Gasteiger partial charge in [-0.1, -0.05) is 41.9 Å². The van der Waals surface area contributed by atoms with Gasteiger partial charge in [0.1, 0.15) is 18.2 Å². The van der Waals surface area contributed by atoms with Crippen LogP contribution in [0.1, 0.15) is 17.2 Å². The van der Waals surface area contributed by atoms with Gasteiger partial charge < -0.3 is 5.32 Å². The second-order valence-electron chi connectivity index (χ2n) is 5.21. The number of benzene rings is 2. The molecule has 4 rings (SSSR count). The highest BCUT2D eigenvalue weighted by molar-refractivity contribution is 6.30. The number of allylic oxidation sites excluding steroid dienone is 1. The Hall–Kier alpha value is -2.66. The molecule has 1 aliphatic rings. The van der Waals surface area contributed by atoms with E-state index in [0.717, 1.165) is 11.3 Å². The van der Waals surface area contributed by atoms with Crippen molar-refractivity contribution in [1.29, 1.82) is 0 Å². The minimum Gasteiger partial charge on any atom is -0.324 e. The minimum absolute atomic E-state index is 0.271. The Morgan fingerprint density at radius 2 is 1.87 bits per heavy atom. The number of nitrogens with zero attached hydrogens (tertiary/aromatic N) is 3. The summed E-state index contributed by atoms with van der Waals surface area (Å²) < 4.78 is 15.9. The van der Waals surface area contributed by atoms with E-state index in [0.29, 0.717) is 16.5 Å². The first-order valence-electron chi connectivity index (χ1n) is 7.11. The van der Waals surface area contributed by atoms with Gasteiger partial charge >= 0.3 is 0 Å². The highest BCUT2D eigenvalue weighted by Gasteiger charge is 2.25. The summed E-state index contributed by atoms with van der Waals surface area (Å²) in [4.78, 5) is 4.21. The smallest absolute Gasteiger partial charge is 0.226 e. The van der Waals surface area contributed by atoms with E-state index in [1.807, 2.05) is 36.4 Å². The van der Waals surface area contributed by atoms with Gasteiger partial charge in [-0.2, -0.15) is 10.1 Å². The van der Waals surface area contributed by atoms with Crippen molar-refractivity contribution in [2.75, 3.05) is 5.32 Å². The fraction of sp³-hybridized carbons (Fsp3) is 0.0588. The first-order valence-corrected chi connectivity index (χ1v) is 7.49. The first-order chi connectivity index (χ1) is 11.2. The number of rotatable bonds is 2. The topological polar surface area (TPSA) is 42.7 Å². The maximum Gasteiger partial charge on any atom is 0.226 e. The van der Waals surface area contributed by atoms with Gasteiger partial charge in [-0.05, 0) is 29.8 Å². The lowest BCUT2D eigenvalue weighted by atomic mass is 10.0. The fourth-order valence-electron chi connectivity index (χ4n) is 2.67. The third-order valence-corrected chi connectivity index (χ3v) is 4.04. The maximum atomic E-state index is 14.2. The zero-order valence-electron chi connectivity index (χ0n) is 11.9. The second-order valence-corrected chi connectivity index (χ2v) is 5.64. The van der Waals surface area contributed by atoms with Gasteiger partial charge in [0.25, 0.3) is 0 Å². The minimum atomic E-state index is -0.361. The van der Waals surface area contributed by atoms with Gasteiger partial charge in [-0.3, -0.25) is 0 Å². The maximum absolute atomic E-state index is 14.2. The summed E-state index contributed by atoms with van der Waals surface area (Å²) in [5, 5.41) is 8.09. The van der Waals surface area contributed by atoms with E-state index in [1.54, 1.807) is 16.8 Å². The van der Waals surface area contributed by atoms with Crippen LogP contribution in [0, 0.1) is 5.82 Å². The molecule has 0 saturated carbocycles. The third kappa shape index (κ3) is 2.49. The molecule has 0 bridgehead atoms. The van der Waals surface area contributed by atoms with Crippen molar-refractivity contribution in [3.05, 3.63) is 82.9 Å². The summed E-state index contributed by atoms with van der Waals surface area (Å²) in [6.45, 7) is 0. The Labute approximate surface area is 137 Å². The van der Waals surface area contributed by atoms with Crippen LogP contribution in [0.2, 0.25) is 5.02 Å². The van der Waals surface area contributed by atoms with Gasteiger partial charge in [0, 0.05) is 16.3 Å². The average Bonchev–Trinajstić information content (AvgIpc) is 3.04. The number of anilines is 1. The van der Waals surface area contributed by atoms with E-state index in [2.05, 4.69) is 15.4 Å². The molecule has 23 heavy (non-hydrogen) atoms. The molecule has 1 atom stereocenters. The van der Waals surface area contributed by atoms with Crippen LogP contribution in [0.5, 0.6) is 0 Å². The normalized spacial score (nSPS) is 16.4. The lowest BCUT2D eigenvalue weighted by Crippen LogP contribution is -2.21. The molecule has 1 aliphatic heterocycles. The van der Waals surface area contributed by atoms with Crippen LogP contribution >= 0.6 is 11.6 Å². The van der Waals surface area contributed by atoms with E-state index in [-0.39, 0.29) is 11.9 Å². The molecule has 2 heterocycles. The van der Waals surface area contributed by atoms with Crippen molar-refractivity contribution >= 4 is 23.2 Å². The van der Waals surface area contributed by atoms with Crippen LogP contribution in [-0.4, -0.2) is 14.8 Å². The fourth-order valence-corrected chi connectivity index (χ4v) is 2.79. The molecule has 0 unspecified atom stereocenters. The van der Waals surface area contributed by atoms with Gasteiger partial charge in [-0.25, -0.2) is 9.07 Å². The van der Waals surface area contributed by atoms with Gasteiger partial charge in [0.15, 0.2) is 0 Å². The van der Waals surface area contributed by atoms with E-state index in [9.17, 15) is 4.39 Å². The molecule has 0 amide bonds. The molecule has 0 saturated heterocycles. The monoisotopic (exact) mass is 326 g/mol. The largest absolute Gasteiger partial charge is 0.324 e. The first kappa shape index (κ1) is 14.0. The molecule has 1 aromatic heterocycles. The van der Waals surface area contributed by atoms with Crippen molar-refractivity contribution in [3.8, 4) is 0 Å². The molecular formula is C17H12ClFN4. The zero-order chi connectivity index (χ0) is 15.8. The average molecular weight is 327 g/mol. The van der Waals surface area contributed by atoms with Crippen molar-refractivity contribution in [2.45, 2.75) is 6.04 Å². The number of aromatic nitrogens is 3. The Bertz CT molecular complexity index is 886. The van der Waals surface area contributed by atoms with Crippen LogP contribution in [0.25, 0.3) is 5.70 Å². The number of nitrogens with one attached hydrogen (secondary N) is 1. The summed E-state index contributed by atoms with van der Waals surface area (Å²) in [5.41, 5.74) is 2.34. The number of halogens is 2. The summed E-state index contributed by atoms with van der Waals surface area (Å²) in [6.07, 6.45) is 3.39. The van der Waals surface area contributed by atoms with Gasteiger partial charge in [0.2, 0.25) is 5.95 Å². The number of hydrogen-bond acceptors (Lipinski definition) is 3. The summed E-state index contributed by atoms with van der Waals surface area (Å²) in [6, 6.07) is 13.8. The highest BCUT2D eigenvalue weighted by atomic mass is 35.5. The highest BCUT2D eigenvalue weighted by Crippen LogP contribution is 2.33. The van der Waals surface area contributed by atoms with Crippen molar-refractivity contribution < 1.29 is 4.39 Å². The molecule has 1 N–H and O–H groups in total. The molecule has 4 nitrogen and oxygen atoms in total. The molecule has 0 spiro atoms. The predicted molar refractivity (Wildman–Crippen MR) is 87.6 cm³/mol. The molecule has 0 aliphatic carbocycles.